The van der Waals surface area contributed by atoms with E-state index in [2.05, 4.69) is 41.6 Å². The third kappa shape index (κ3) is 4.16. The first kappa shape index (κ1) is 25.3. The Bertz CT molecular complexity index is 1010. The predicted molar refractivity (Wildman–Crippen MR) is 138 cm³/mol. The van der Waals surface area contributed by atoms with E-state index in [1.165, 1.54) is 5.57 Å². The summed E-state index contributed by atoms with van der Waals surface area (Å²) in [5.41, 5.74) is 1.35. The summed E-state index contributed by atoms with van der Waals surface area (Å²) in [7, 11) is 0. The van der Waals surface area contributed by atoms with Crippen LogP contribution in [0.1, 0.15) is 84.5 Å². The predicted octanol–water partition coefficient (Wildman–Crippen LogP) is 3.47. The van der Waals surface area contributed by atoms with Crippen LogP contribution >= 0.6 is 0 Å². The molecule has 1 saturated heterocycles. The van der Waals surface area contributed by atoms with E-state index in [0.717, 1.165) is 69.9 Å². The summed E-state index contributed by atoms with van der Waals surface area (Å²) in [4.78, 5) is 29.8. The minimum atomic E-state index is -0.963. The Morgan fingerprint density at radius 1 is 1.19 bits per heavy atom. The van der Waals surface area contributed by atoms with Crippen molar-refractivity contribution < 1.29 is 19.5 Å². The Morgan fingerprint density at radius 2 is 2.00 bits per heavy atom. The van der Waals surface area contributed by atoms with Crippen molar-refractivity contribution in [2.24, 2.45) is 33.7 Å². The van der Waals surface area contributed by atoms with Crippen LogP contribution in [0.4, 0.5) is 0 Å². The maximum atomic E-state index is 12.3. The third-order valence-electron chi connectivity index (χ3n) is 10.6. The number of terminal acetylenes is 1. The largest absolute Gasteiger partial charge is 0.385 e. The zero-order chi connectivity index (χ0) is 25.6. The minimum Gasteiger partial charge on any atom is -0.385 e. The summed E-state index contributed by atoms with van der Waals surface area (Å²) >= 11 is 0. The number of hydrogen-bond acceptors (Lipinski definition) is 5. The van der Waals surface area contributed by atoms with Gasteiger partial charge in [-0.05, 0) is 99.9 Å². The monoisotopic (exact) mass is 495 g/mol. The summed E-state index contributed by atoms with van der Waals surface area (Å²) in [6, 6.07) is -0.488. The van der Waals surface area contributed by atoms with Crippen LogP contribution in [0.2, 0.25) is 0 Å². The molecule has 5 rings (SSSR count). The summed E-state index contributed by atoms with van der Waals surface area (Å²) in [6.07, 6.45) is 18.4. The van der Waals surface area contributed by atoms with E-state index in [1.807, 2.05) is 0 Å². The lowest BCUT2D eigenvalue weighted by Gasteiger charge is -2.58. The molecule has 36 heavy (non-hydrogen) atoms. The highest BCUT2D eigenvalue weighted by Crippen LogP contribution is 2.67. The number of aliphatic hydroxyl groups is 1. The topological polar surface area (TPSA) is 100 Å². The lowest BCUT2D eigenvalue weighted by Crippen LogP contribution is -2.54. The molecule has 2 amide bonds. The SMILES string of the molecule is C#C[C@@]1(O)CCC2C3CCC4=C/C(=N/OCC(=O)N[C@@H]5CCCCNC5=O)CC[C@]4(C)C3CC[C@@]21C. The summed E-state index contributed by atoms with van der Waals surface area (Å²) in [5.74, 6) is 4.03. The van der Waals surface area contributed by atoms with Crippen LogP contribution in [0, 0.1) is 40.9 Å². The quantitative estimate of drug-likeness (QED) is 0.411. The van der Waals surface area contributed by atoms with Crippen LogP contribution in [-0.2, 0) is 14.4 Å². The highest BCUT2D eigenvalue weighted by molar-refractivity contribution is 5.96. The number of oxime groups is 1. The number of hydrogen-bond donors (Lipinski definition) is 3. The molecule has 5 aliphatic rings. The summed E-state index contributed by atoms with van der Waals surface area (Å²) < 4.78 is 0. The number of carbonyl (C=O) groups is 2. The lowest BCUT2D eigenvalue weighted by atomic mass is 9.46. The van der Waals surface area contributed by atoms with Crippen molar-refractivity contribution in [3.63, 3.8) is 0 Å². The summed E-state index contributed by atoms with van der Waals surface area (Å²) in [6.45, 7) is 5.13. The molecule has 0 aromatic rings. The first-order valence-corrected chi connectivity index (χ1v) is 13.9. The Balaban J connectivity index is 1.21. The van der Waals surface area contributed by atoms with Crippen LogP contribution in [-0.4, -0.2) is 47.4 Å². The fourth-order valence-corrected chi connectivity index (χ4v) is 8.38. The fourth-order valence-electron chi connectivity index (χ4n) is 8.38. The maximum absolute atomic E-state index is 12.3. The van der Waals surface area contributed by atoms with E-state index in [4.69, 9.17) is 11.3 Å². The number of rotatable bonds is 4. The molecule has 3 N–H and O–H groups in total. The molecule has 4 fully saturated rings. The van der Waals surface area contributed by atoms with Gasteiger partial charge in [-0.25, -0.2) is 0 Å². The number of nitrogens with one attached hydrogen (secondary N) is 2. The first-order chi connectivity index (χ1) is 17.2. The number of fused-ring (bicyclic) bond motifs is 5. The Hall–Kier alpha value is -2.33. The smallest absolute Gasteiger partial charge is 0.261 e. The van der Waals surface area contributed by atoms with Gasteiger partial charge < -0.3 is 20.6 Å². The molecule has 3 saturated carbocycles. The van der Waals surface area contributed by atoms with Crippen LogP contribution in [0.3, 0.4) is 0 Å². The molecule has 1 heterocycles. The molecular weight excluding hydrogens is 454 g/mol. The normalized spacial score (nSPS) is 43.1. The fraction of sp³-hybridized carbons (Fsp3) is 0.759. The molecule has 0 aromatic heterocycles. The summed E-state index contributed by atoms with van der Waals surface area (Å²) in [5, 5.41) is 21.1. The van der Waals surface area contributed by atoms with Gasteiger partial charge in [0.1, 0.15) is 11.6 Å². The van der Waals surface area contributed by atoms with Crippen molar-refractivity contribution in [1.29, 1.82) is 0 Å². The van der Waals surface area contributed by atoms with Crippen molar-refractivity contribution in [1.82, 2.24) is 10.6 Å². The second-order valence-electron chi connectivity index (χ2n) is 12.3. The van der Waals surface area contributed by atoms with Crippen LogP contribution in [0.5, 0.6) is 0 Å². The third-order valence-corrected chi connectivity index (χ3v) is 10.6. The number of allylic oxidation sites excluding steroid dienone is 2. The molecule has 0 bridgehead atoms. The number of amides is 2. The van der Waals surface area contributed by atoms with Gasteiger partial charge >= 0.3 is 0 Å². The average Bonchev–Trinajstić information content (AvgIpc) is 2.98. The molecule has 196 valence electrons. The van der Waals surface area contributed by atoms with Gasteiger partial charge in [-0.3, -0.25) is 9.59 Å². The molecule has 0 aromatic carbocycles. The molecule has 4 aliphatic carbocycles. The molecule has 1 aliphatic heterocycles. The van der Waals surface area contributed by atoms with Gasteiger partial charge in [0.05, 0.1) is 5.71 Å². The van der Waals surface area contributed by atoms with E-state index >= 15 is 0 Å². The Morgan fingerprint density at radius 3 is 2.81 bits per heavy atom. The van der Waals surface area contributed by atoms with Crippen molar-refractivity contribution in [3.05, 3.63) is 11.6 Å². The number of carbonyl (C=O) groups excluding carboxylic acids is 2. The van der Waals surface area contributed by atoms with E-state index in [0.29, 0.717) is 30.7 Å². The zero-order valence-electron chi connectivity index (χ0n) is 21.8. The zero-order valence-corrected chi connectivity index (χ0v) is 21.8. The van der Waals surface area contributed by atoms with Crippen LogP contribution < -0.4 is 10.6 Å². The van der Waals surface area contributed by atoms with E-state index in [9.17, 15) is 14.7 Å². The number of nitrogens with zero attached hydrogens (tertiary/aromatic N) is 1. The maximum Gasteiger partial charge on any atom is 0.261 e. The van der Waals surface area contributed by atoms with Gasteiger partial charge in [-0.15, -0.1) is 6.42 Å². The molecule has 0 radical (unpaired) electrons. The Kier molecular flexibility index (Phi) is 6.70. The van der Waals surface area contributed by atoms with Gasteiger partial charge in [0, 0.05) is 12.0 Å². The lowest BCUT2D eigenvalue weighted by molar-refractivity contribution is -0.131. The molecule has 7 heteroatoms. The molecule has 3 unspecified atom stereocenters. The first-order valence-electron chi connectivity index (χ1n) is 13.9. The average molecular weight is 496 g/mol. The van der Waals surface area contributed by atoms with Gasteiger partial charge in [0.15, 0.2) is 6.61 Å². The van der Waals surface area contributed by atoms with Gasteiger partial charge in [0.2, 0.25) is 5.91 Å². The van der Waals surface area contributed by atoms with Crippen LogP contribution in [0.15, 0.2) is 16.8 Å². The molecule has 7 atom stereocenters. The molecule has 7 nitrogen and oxygen atoms in total. The van der Waals surface area contributed by atoms with E-state index in [1.54, 1.807) is 0 Å². The van der Waals surface area contributed by atoms with Crippen LogP contribution in [0.25, 0.3) is 0 Å². The van der Waals surface area contributed by atoms with Gasteiger partial charge in [-0.2, -0.15) is 0 Å². The second kappa shape index (κ2) is 9.52. The van der Waals surface area contributed by atoms with Gasteiger partial charge in [-0.1, -0.05) is 30.5 Å². The van der Waals surface area contributed by atoms with Crippen molar-refractivity contribution in [3.8, 4) is 12.3 Å². The second-order valence-corrected chi connectivity index (χ2v) is 12.3. The highest BCUT2D eigenvalue weighted by atomic mass is 16.6. The van der Waals surface area contributed by atoms with E-state index < -0.39 is 11.6 Å². The molecular formula is C29H41N3O4. The van der Waals surface area contributed by atoms with E-state index in [-0.39, 0.29) is 29.3 Å². The standard InChI is InChI=1S/C29H41N3O4/c1-4-29(35)15-12-23-21-9-8-19-17-20(10-13-27(19,2)22(21)11-14-28(23,29)3)32-36-18-25(33)31-24-7-5-6-16-30-26(24)34/h1,17,21-24,35H,5-16,18H2,2-3H3,(H,30,34)(H,31,33)/b32-20+/t21?,22?,23?,24-,27+,28+,29-/m1/s1. The Labute approximate surface area is 214 Å². The highest BCUT2D eigenvalue weighted by Gasteiger charge is 2.63. The van der Waals surface area contributed by atoms with Crippen molar-refractivity contribution in [2.45, 2.75) is 96.1 Å². The van der Waals surface area contributed by atoms with Crippen molar-refractivity contribution in [2.75, 3.05) is 13.2 Å². The minimum absolute atomic E-state index is 0.122. The van der Waals surface area contributed by atoms with Gasteiger partial charge in [0.25, 0.3) is 5.91 Å². The van der Waals surface area contributed by atoms with Crippen molar-refractivity contribution >= 4 is 17.5 Å². The molecule has 0 spiro atoms.